The highest BCUT2D eigenvalue weighted by Crippen LogP contribution is 2.26. The molecular formula is C23H26N4O3. The lowest BCUT2D eigenvalue weighted by atomic mass is 9.97. The highest BCUT2D eigenvalue weighted by molar-refractivity contribution is 5.93. The fourth-order valence-electron chi connectivity index (χ4n) is 3.68. The number of carbonyl (C=O) groups excluding carboxylic acids is 1. The van der Waals surface area contributed by atoms with Crippen molar-refractivity contribution in [3.8, 4) is 17.1 Å². The Kier molecular flexibility index (Phi) is 5.97. The molecular weight excluding hydrogens is 380 g/mol. The van der Waals surface area contributed by atoms with E-state index in [1.54, 1.807) is 7.11 Å². The molecule has 0 saturated carbocycles. The number of amides is 1. The van der Waals surface area contributed by atoms with E-state index in [1.807, 2.05) is 47.4 Å². The molecule has 1 fully saturated rings. The highest BCUT2D eigenvalue weighted by Gasteiger charge is 2.28. The summed E-state index contributed by atoms with van der Waals surface area (Å²) in [6.45, 7) is 3.45. The molecule has 1 saturated heterocycles. The largest absolute Gasteiger partial charge is 0.497 e. The van der Waals surface area contributed by atoms with Crippen molar-refractivity contribution < 1.29 is 14.1 Å². The average molecular weight is 406 g/mol. The van der Waals surface area contributed by atoms with Crippen molar-refractivity contribution >= 4 is 17.6 Å². The molecule has 1 amide bonds. The standard InChI is InChI=1S/C23H26N4O3/c1-3-16-6-4-8-19(14-16)24-22(28)18-7-5-13-27(15-18)23-25-21(26-30-23)17-9-11-20(29-2)12-10-17/h4,6,8-12,14,18H,3,5,7,13,15H2,1-2H3,(H,24,28). The first-order valence-corrected chi connectivity index (χ1v) is 10.3. The molecule has 1 aromatic heterocycles. The summed E-state index contributed by atoms with van der Waals surface area (Å²) >= 11 is 0. The number of anilines is 2. The Labute approximate surface area is 176 Å². The van der Waals surface area contributed by atoms with Crippen LogP contribution in [-0.4, -0.2) is 36.2 Å². The van der Waals surface area contributed by atoms with Crippen molar-refractivity contribution in [2.45, 2.75) is 26.2 Å². The van der Waals surface area contributed by atoms with Crippen LogP contribution in [-0.2, 0) is 11.2 Å². The summed E-state index contributed by atoms with van der Waals surface area (Å²) in [6, 6.07) is 15.9. The second-order valence-corrected chi connectivity index (χ2v) is 7.46. The minimum Gasteiger partial charge on any atom is -0.497 e. The number of aryl methyl sites for hydroxylation is 1. The molecule has 2 aromatic carbocycles. The number of hydrogen-bond donors (Lipinski definition) is 1. The van der Waals surface area contributed by atoms with Gasteiger partial charge in [-0.25, -0.2) is 0 Å². The van der Waals surface area contributed by atoms with Crippen molar-refractivity contribution in [2.24, 2.45) is 5.92 Å². The quantitative estimate of drug-likeness (QED) is 0.662. The van der Waals surface area contributed by atoms with Crippen LogP contribution in [0, 0.1) is 5.92 Å². The number of hydrogen-bond acceptors (Lipinski definition) is 6. The topological polar surface area (TPSA) is 80.5 Å². The van der Waals surface area contributed by atoms with Gasteiger partial charge in [0.25, 0.3) is 0 Å². The number of nitrogens with zero attached hydrogens (tertiary/aromatic N) is 3. The molecule has 2 heterocycles. The van der Waals surface area contributed by atoms with Gasteiger partial charge in [0.1, 0.15) is 5.75 Å². The molecule has 1 N–H and O–H groups in total. The third-order valence-electron chi connectivity index (χ3n) is 5.43. The molecule has 4 rings (SSSR count). The van der Waals surface area contributed by atoms with Crippen LogP contribution >= 0.6 is 0 Å². The average Bonchev–Trinajstić information content (AvgIpc) is 3.30. The van der Waals surface area contributed by atoms with Gasteiger partial charge in [-0.3, -0.25) is 4.79 Å². The molecule has 0 aliphatic carbocycles. The maximum absolute atomic E-state index is 12.8. The minimum atomic E-state index is -0.125. The summed E-state index contributed by atoms with van der Waals surface area (Å²) in [5.41, 5.74) is 2.90. The second-order valence-electron chi connectivity index (χ2n) is 7.46. The first-order valence-electron chi connectivity index (χ1n) is 10.3. The zero-order valence-electron chi connectivity index (χ0n) is 17.3. The first-order chi connectivity index (χ1) is 14.7. The third-order valence-corrected chi connectivity index (χ3v) is 5.43. The number of carbonyl (C=O) groups is 1. The van der Waals surface area contributed by atoms with Gasteiger partial charge in [0.2, 0.25) is 11.7 Å². The Morgan fingerprint density at radius 1 is 1.27 bits per heavy atom. The van der Waals surface area contributed by atoms with Gasteiger partial charge in [-0.15, -0.1) is 0 Å². The maximum atomic E-state index is 12.8. The fraction of sp³-hybridized carbons (Fsp3) is 0.348. The first kappa shape index (κ1) is 19.9. The number of methoxy groups -OCH3 is 1. The number of ether oxygens (including phenoxy) is 1. The van der Waals surface area contributed by atoms with Gasteiger partial charge in [-0.1, -0.05) is 24.2 Å². The smallest absolute Gasteiger partial charge is 0.324 e. The van der Waals surface area contributed by atoms with Crippen molar-refractivity contribution in [3.63, 3.8) is 0 Å². The summed E-state index contributed by atoms with van der Waals surface area (Å²) in [7, 11) is 1.63. The predicted molar refractivity (Wildman–Crippen MR) is 116 cm³/mol. The monoisotopic (exact) mass is 406 g/mol. The Morgan fingerprint density at radius 2 is 2.10 bits per heavy atom. The number of benzene rings is 2. The van der Waals surface area contributed by atoms with E-state index >= 15 is 0 Å². The van der Waals surface area contributed by atoms with Crippen LogP contribution in [0.15, 0.2) is 53.1 Å². The van der Waals surface area contributed by atoms with Crippen LogP contribution < -0.4 is 15.0 Å². The summed E-state index contributed by atoms with van der Waals surface area (Å²) in [5, 5.41) is 7.16. The minimum absolute atomic E-state index is 0.0304. The lowest BCUT2D eigenvalue weighted by molar-refractivity contribution is -0.120. The molecule has 1 unspecified atom stereocenters. The molecule has 7 heteroatoms. The van der Waals surface area contributed by atoms with Crippen molar-refractivity contribution in [2.75, 3.05) is 30.4 Å². The third kappa shape index (κ3) is 4.45. The molecule has 3 aromatic rings. The lowest BCUT2D eigenvalue weighted by Gasteiger charge is -2.30. The number of nitrogens with one attached hydrogen (secondary N) is 1. The zero-order valence-corrected chi connectivity index (χ0v) is 17.3. The summed E-state index contributed by atoms with van der Waals surface area (Å²) in [6.07, 6.45) is 2.68. The molecule has 30 heavy (non-hydrogen) atoms. The number of piperidine rings is 1. The Morgan fingerprint density at radius 3 is 2.87 bits per heavy atom. The number of aromatic nitrogens is 2. The van der Waals surface area contributed by atoms with E-state index in [4.69, 9.17) is 9.26 Å². The molecule has 0 radical (unpaired) electrons. The maximum Gasteiger partial charge on any atom is 0.324 e. The van der Waals surface area contributed by atoms with Crippen LogP contribution in [0.4, 0.5) is 11.7 Å². The lowest BCUT2D eigenvalue weighted by Crippen LogP contribution is -2.41. The Balaban J connectivity index is 1.42. The summed E-state index contributed by atoms with van der Waals surface area (Å²) in [4.78, 5) is 19.3. The van der Waals surface area contributed by atoms with E-state index in [2.05, 4.69) is 28.4 Å². The second kappa shape index (κ2) is 8.98. The fourth-order valence-corrected chi connectivity index (χ4v) is 3.68. The SMILES string of the molecule is CCc1cccc(NC(=O)C2CCCN(c3nc(-c4ccc(OC)cc4)no3)C2)c1. The van der Waals surface area contributed by atoms with Crippen LogP contribution in [0.1, 0.15) is 25.3 Å². The molecule has 156 valence electrons. The molecule has 1 aliphatic heterocycles. The normalized spacial score (nSPS) is 16.3. The van der Waals surface area contributed by atoms with E-state index in [9.17, 15) is 4.79 Å². The van der Waals surface area contributed by atoms with Gasteiger partial charge in [0, 0.05) is 24.3 Å². The predicted octanol–water partition coefficient (Wildman–Crippen LogP) is 4.16. The van der Waals surface area contributed by atoms with Gasteiger partial charge < -0.3 is 19.5 Å². The molecule has 7 nitrogen and oxygen atoms in total. The number of rotatable bonds is 6. The Hall–Kier alpha value is -3.35. The molecule has 1 aliphatic rings. The van der Waals surface area contributed by atoms with E-state index in [1.165, 1.54) is 5.56 Å². The molecule has 0 bridgehead atoms. The Bertz CT molecular complexity index is 1000. The summed E-state index contributed by atoms with van der Waals surface area (Å²) < 4.78 is 10.7. The van der Waals surface area contributed by atoms with Crippen molar-refractivity contribution in [1.82, 2.24) is 10.1 Å². The van der Waals surface area contributed by atoms with Gasteiger partial charge in [-0.05, 0) is 61.2 Å². The van der Waals surface area contributed by atoms with Crippen molar-refractivity contribution in [3.05, 3.63) is 54.1 Å². The molecule has 1 atom stereocenters. The van der Waals surface area contributed by atoms with Crippen LogP contribution in [0.5, 0.6) is 5.75 Å². The van der Waals surface area contributed by atoms with Crippen molar-refractivity contribution in [1.29, 1.82) is 0 Å². The van der Waals surface area contributed by atoms with Crippen LogP contribution in [0.3, 0.4) is 0 Å². The van der Waals surface area contributed by atoms with E-state index in [0.717, 1.165) is 42.8 Å². The van der Waals surface area contributed by atoms with Crippen LogP contribution in [0.2, 0.25) is 0 Å². The van der Waals surface area contributed by atoms with Crippen LogP contribution in [0.25, 0.3) is 11.4 Å². The highest BCUT2D eigenvalue weighted by atomic mass is 16.5. The van der Waals surface area contributed by atoms with Gasteiger partial charge in [-0.2, -0.15) is 4.98 Å². The molecule has 0 spiro atoms. The van der Waals surface area contributed by atoms with Gasteiger partial charge in [0.15, 0.2) is 0 Å². The zero-order chi connectivity index (χ0) is 20.9. The summed E-state index contributed by atoms with van der Waals surface area (Å²) in [5.74, 6) is 1.20. The van der Waals surface area contributed by atoms with Gasteiger partial charge >= 0.3 is 6.01 Å². The van der Waals surface area contributed by atoms with E-state index in [-0.39, 0.29) is 11.8 Å². The van der Waals surface area contributed by atoms with E-state index < -0.39 is 0 Å². The van der Waals surface area contributed by atoms with E-state index in [0.29, 0.717) is 18.4 Å². The van der Waals surface area contributed by atoms with Gasteiger partial charge in [0.05, 0.1) is 13.0 Å².